The number of hydrogen-bond donors (Lipinski definition) is 3. The van der Waals surface area contributed by atoms with Crippen LogP contribution >= 0.6 is 12.6 Å². The van der Waals surface area contributed by atoms with E-state index in [4.69, 9.17) is 4.74 Å². The van der Waals surface area contributed by atoms with Gasteiger partial charge in [-0.15, -0.1) is 4.48 Å². The molecule has 30 heavy (non-hydrogen) atoms. The molecule has 2 aliphatic rings. The number of aliphatic hydroxyl groups is 1. The molecule has 0 radical (unpaired) electrons. The third-order valence-corrected chi connectivity index (χ3v) is 6.07. The molecule has 11 heteroatoms. The highest BCUT2D eigenvalue weighted by atomic mass is 32.1. The van der Waals surface area contributed by atoms with E-state index < -0.39 is 15.5 Å². The van der Waals surface area contributed by atoms with E-state index in [-0.39, 0.29) is 42.8 Å². The van der Waals surface area contributed by atoms with Gasteiger partial charge in [0.1, 0.15) is 13.2 Å². The van der Waals surface area contributed by atoms with E-state index in [9.17, 15) is 24.8 Å². The molecular weight excluding hydrogens is 412 g/mol. The number of non-ortho nitro benzene ring substituents is 1. The monoisotopic (exact) mass is 439 g/mol. The minimum absolute atomic E-state index is 0.0457. The third-order valence-electron chi connectivity index (χ3n) is 5.65. The molecule has 164 valence electrons. The Balaban J connectivity index is 1.74. The molecule has 3 rings (SSSR count). The van der Waals surface area contributed by atoms with Crippen molar-refractivity contribution in [3.63, 3.8) is 0 Å². The summed E-state index contributed by atoms with van der Waals surface area (Å²) >= 11 is 4.48. The maximum Gasteiger partial charge on any atom is 0.525 e. The number of nitro benzene ring substituents is 1. The van der Waals surface area contributed by atoms with Crippen molar-refractivity contribution in [2.24, 2.45) is 0 Å². The number of hydrogen-bond acceptors (Lipinski definition) is 8. The van der Waals surface area contributed by atoms with E-state index in [0.29, 0.717) is 44.6 Å². The number of nitrogens with one attached hydrogen (secondary N) is 1. The zero-order valence-electron chi connectivity index (χ0n) is 16.6. The number of piperazine rings is 1. The van der Waals surface area contributed by atoms with Crippen LogP contribution in [0.2, 0.25) is 0 Å². The van der Waals surface area contributed by atoms with Crippen LogP contribution in [-0.2, 0) is 11.3 Å². The number of rotatable bonds is 5. The van der Waals surface area contributed by atoms with Crippen LogP contribution in [0.15, 0.2) is 24.3 Å². The largest absolute Gasteiger partial charge is 0.525 e. The van der Waals surface area contributed by atoms with Crippen molar-refractivity contribution < 1.29 is 28.8 Å². The lowest BCUT2D eigenvalue weighted by Crippen LogP contribution is -2.65. The second-order valence-corrected chi connectivity index (χ2v) is 8.37. The van der Waals surface area contributed by atoms with Crippen LogP contribution in [-0.4, -0.2) is 82.2 Å². The van der Waals surface area contributed by atoms with E-state index in [0.717, 1.165) is 0 Å². The van der Waals surface area contributed by atoms with Crippen LogP contribution in [0.25, 0.3) is 0 Å². The summed E-state index contributed by atoms with van der Waals surface area (Å²) in [6, 6.07) is 5.23. The molecule has 2 N–H and O–H groups in total. The molecule has 2 heterocycles. The number of imide groups is 1. The summed E-state index contributed by atoms with van der Waals surface area (Å²) in [5, 5.41) is 23.2. The molecule has 10 nitrogen and oxygen atoms in total. The van der Waals surface area contributed by atoms with E-state index in [1.165, 1.54) is 24.3 Å². The second kappa shape index (κ2) is 9.73. The molecule has 0 aliphatic carbocycles. The maximum atomic E-state index is 13.5. The van der Waals surface area contributed by atoms with E-state index in [2.05, 4.69) is 17.9 Å². The lowest BCUT2D eigenvalue weighted by atomic mass is 10.1. The van der Waals surface area contributed by atoms with Crippen molar-refractivity contribution >= 4 is 30.4 Å². The van der Waals surface area contributed by atoms with Gasteiger partial charge < -0.3 is 15.2 Å². The van der Waals surface area contributed by atoms with Gasteiger partial charge in [-0.25, -0.2) is 4.79 Å². The fraction of sp³-hybridized carbons (Fsp3) is 0.579. The predicted molar refractivity (Wildman–Crippen MR) is 111 cm³/mol. The Morgan fingerprint density at radius 3 is 2.70 bits per heavy atom. The van der Waals surface area contributed by atoms with Gasteiger partial charge in [-0.2, -0.15) is 17.4 Å². The Labute approximate surface area is 179 Å². The van der Waals surface area contributed by atoms with Crippen molar-refractivity contribution in [2.75, 3.05) is 39.3 Å². The Morgan fingerprint density at radius 2 is 2.10 bits per heavy atom. The summed E-state index contributed by atoms with van der Waals surface area (Å²) in [4.78, 5) is 38.6. The van der Waals surface area contributed by atoms with Gasteiger partial charge in [-0.1, -0.05) is 0 Å². The predicted octanol–water partition coefficient (Wildman–Crippen LogP) is 1.53. The fourth-order valence-electron chi connectivity index (χ4n) is 3.98. The Morgan fingerprint density at radius 1 is 1.37 bits per heavy atom. The topological polar surface area (TPSA) is 122 Å². The zero-order valence-corrected chi connectivity index (χ0v) is 17.5. The highest BCUT2D eigenvalue weighted by molar-refractivity contribution is 7.81. The molecule has 1 unspecified atom stereocenters. The normalized spacial score (nSPS) is 26.4. The van der Waals surface area contributed by atoms with Crippen molar-refractivity contribution in [3.8, 4) is 0 Å². The lowest BCUT2D eigenvalue weighted by Gasteiger charge is -2.39. The highest BCUT2D eigenvalue weighted by Gasteiger charge is 2.55. The summed E-state index contributed by atoms with van der Waals surface area (Å²) in [7, 11) is 0. The van der Waals surface area contributed by atoms with Gasteiger partial charge in [-0.3, -0.25) is 15.0 Å². The van der Waals surface area contributed by atoms with Crippen LogP contribution in [0.1, 0.15) is 18.4 Å². The molecule has 1 aromatic rings. The first-order chi connectivity index (χ1) is 14.4. The first-order valence-corrected chi connectivity index (χ1v) is 10.5. The summed E-state index contributed by atoms with van der Waals surface area (Å²) in [5.74, 6) is 0. The molecule has 0 aromatic heterocycles. The van der Waals surface area contributed by atoms with Crippen LogP contribution in [0, 0.1) is 10.1 Å². The molecule has 3 atom stereocenters. The van der Waals surface area contributed by atoms with Crippen LogP contribution in [0.4, 0.5) is 15.3 Å². The van der Waals surface area contributed by atoms with Gasteiger partial charge in [-0.05, 0) is 24.1 Å². The minimum atomic E-state index is -0.642. The van der Waals surface area contributed by atoms with E-state index >= 15 is 0 Å². The van der Waals surface area contributed by atoms with Crippen LogP contribution in [0.5, 0.6) is 0 Å². The van der Waals surface area contributed by atoms with Crippen molar-refractivity contribution in [1.82, 2.24) is 10.2 Å². The number of carbonyl (C=O) groups is 2. The van der Waals surface area contributed by atoms with E-state index in [1.54, 1.807) is 4.90 Å². The van der Waals surface area contributed by atoms with Crippen LogP contribution < -0.4 is 5.32 Å². The van der Waals surface area contributed by atoms with Gasteiger partial charge in [0.15, 0.2) is 0 Å². The van der Waals surface area contributed by atoms with Crippen molar-refractivity contribution in [1.29, 1.82) is 0 Å². The maximum absolute atomic E-state index is 13.5. The molecule has 1 aromatic carbocycles. The number of quaternary nitrogens is 1. The molecule has 2 saturated heterocycles. The molecule has 2 fully saturated rings. The van der Waals surface area contributed by atoms with Gasteiger partial charge in [0.25, 0.3) is 5.69 Å². The third kappa shape index (κ3) is 4.75. The number of benzene rings is 1. The molecular formula is C19H27N4O6S+. The first-order valence-electron chi connectivity index (χ1n) is 9.96. The summed E-state index contributed by atoms with van der Waals surface area (Å²) < 4.78 is 5.03. The summed E-state index contributed by atoms with van der Waals surface area (Å²) in [5.41, 5.74) is 0.552. The number of likely N-dealkylation sites (tertiary alicyclic amines) is 1. The van der Waals surface area contributed by atoms with Gasteiger partial charge in [0.2, 0.25) is 0 Å². The first kappa shape index (κ1) is 22.5. The number of aliphatic hydroxyl groups excluding tert-OH is 1. The molecule has 3 amide bonds. The Kier molecular flexibility index (Phi) is 7.29. The van der Waals surface area contributed by atoms with Gasteiger partial charge >= 0.3 is 12.1 Å². The zero-order chi connectivity index (χ0) is 21.7. The highest BCUT2D eigenvalue weighted by Crippen LogP contribution is 2.29. The van der Waals surface area contributed by atoms with E-state index in [1.807, 2.05) is 0 Å². The summed E-state index contributed by atoms with van der Waals surface area (Å²) in [6.45, 7) is 2.07. The standard InChI is InChI=1S/C19H26N4O6S/c24-10-6-16-11-20-7-8-21(16)18(25)23(9-5-17(30)12-23)19(26)29-13-14-1-3-15(4-2-14)22(27)28/h1-4,16-17,20,24H,5-13H2/p+1/t16-,17-,23?/m0/s1. The number of nitro groups is 1. The smallest absolute Gasteiger partial charge is 0.415 e. The van der Waals surface area contributed by atoms with Gasteiger partial charge in [0.05, 0.1) is 22.8 Å². The number of amides is 3. The number of nitrogens with zero attached hydrogens (tertiary/aromatic N) is 3. The average Bonchev–Trinajstić information content (AvgIpc) is 3.15. The average molecular weight is 440 g/mol. The Bertz CT molecular complexity index is 790. The van der Waals surface area contributed by atoms with Crippen LogP contribution in [0.3, 0.4) is 0 Å². The quantitative estimate of drug-likeness (QED) is 0.275. The molecule has 0 bridgehead atoms. The number of carbonyl (C=O) groups excluding carboxylic acids is 2. The SMILES string of the molecule is O=C(OCc1ccc([N+](=O)[O-])cc1)[N+]1(C(=O)N2CCNC[C@@H]2CCO)CC[C@H](S)C1. The number of ether oxygens (including phenoxy) is 1. The molecule has 0 saturated carbocycles. The van der Waals surface area contributed by atoms with Crippen molar-refractivity contribution in [2.45, 2.75) is 30.7 Å². The minimum Gasteiger partial charge on any atom is -0.415 e. The summed E-state index contributed by atoms with van der Waals surface area (Å²) in [6.07, 6.45) is 0.398. The fourth-order valence-corrected chi connectivity index (χ4v) is 4.37. The Hall–Kier alpha value is -2.21. The molecule has 0 spiro atoms. The van der Waals surface area contributed by atoms with Crippen molar-refractivity contribution in [3.05, 3.63) is 39.9 Å². The molecule has 2 aliphatic heterocycles. The lowest BCUT2D eigenvalue weighted by molar-refractivity contribution is -0.767. The number of thiol groups is 1. The van der Waals surface area contributed by atoms with Gasteiger partial charge in [0, 0.05) is 44.8 Å². The number of urea groups is 1. The second-order valence-electron chi connectivity index (χ2n) is 7.64.